The molecule has 1 aliphatic heterocycles. The number of aromatic amines is 1. The maximum Gasteiger partial charge on any atom is 0.251 e. The number of thioether (sulfide) groups is 1. The summed E-state index contributed by atoms with van der Waals surface area (Å²) in [6.07, 6.45) is 1.36. The van der Waals surface area contributed by atoms with Crippen LogP contribution in [0, 0.1) is 0 Å². The minimum Gasteiger partial charge on any atom is -0.392 e. The third-order valence-corrected chi connectivity index (χ3v) is 8.33. The zero-order valence-corrected chi connectivity index (χ0v) is 24.2. The zero-order chi connectivity index (χ0) is 29.4. The molecule has 1 fully saturated rings. The van der Waals surface area contributed by atoms with Crippen LogP contribution < -0.4 is 5.32 Å². The SMILES string of the molecule is O=C(NCc1cccc(-c2cccc([C@H]3O[C@@H](CSc4ncn[nH]4)C[C@@H](c4ccc(CO)cc4)O3)c2)c1)c1ccccc1. The van der Waals surface area contributed by atoms with Gasteiger partial charge in [-0.15, -0.1) is 0 Å². The topological polar surface area (TPSA) is 109 Å². The molecule has 3 N–H and O–H groups in total. The average Bonchev–Trinajstić information content (AvgIpc) is 3.61. The molecule has 6 rings (SSSR count). The predicted molar refractivity (Wildman–Crippen MR) is 165 cm³/mol. The summed E-state index contributed by atoms with van der Waals surface area (Å²) in [6.45, 7) is 0.429. The largest absolute Gasteiger partial charge is 0.392 e. The summed E-state index contributed by atoms with van der Waals surface area (Å²) in [5.74, 6) is 0.590. The minimum absolute atomic E-state index is 0.00137. The maximum absolute atomic E-state index is 12.5. The van der Waals surface area contributed by atoms with Crippen molar-refractivity contribution in [1.29, 1.82) is 0 Å². The van der Waals surface area contributed by atoms with E-state index < -0.39 is 6.29 Å². The van der Waals surface area contributed by atoms with E-state index in [-0.39, 0.29) is 24.7 Å². The van der Waals surface area contributed by atoms with Crippen molar-refractivity contribution in [2.45, 2.75) is 43.2 Å². The molecule has 5 aromatic rings. The van der Waals surface area contributed by atoms with Gasteiger partial charge in [0, 0.05) is 29.8 Å². The molecule has 0 spiro atoms. The average molecular weight is 593 g/mol. The number of hydrogen-bond acceptors (Lipinski definition) is 7. The number of amides is 1. The van der Waals surface area contributed by atoms with E-state index >= 15 is 0 Å². The van der Waals surface area contributed by atoms with E-state index in [1.165, 1.54) is 6.33 Å². The number of aliphatic hydroxyl groups is 1. The second-order valence-electron chi connectivity index (χ2n) is 10.3. The van der Waals surface area contributed by atoms with Crippen LogP contribution >= 0.6 is 11.8 Å². The smallest absolute Gasteiger partial charge is 0.251 e. The van der Waals surface area contributed by atoms with Crippen LogP contribution in [-0.4, -0.2) is 38.1 Å². The van der Waals surface area contributed by atoms with Crippen molar-refractivity contribution in [2.75, 3.05) is 5.75 Å². The fourth-order valence-electron chi connectivity index (χ4n) is 5.06. The third kappa shape index (κ3) is 7.39. The van der Waals surface area contributed by atoms with Crippen molar-refractivity contribution in [2.24, 2.45) is 0 Å². The Morgan fingerprint density at radius 3 is 2.44 bits per heavy atom. The molecule has 3 atom stereocenters. The lowest BCUT2D eigenvalue weighted by Crippen LogP contribution is -2.31. The van der Waals surface area contributed by atoms with Crippen LogP contribution in [0.2, 0.25) is 0 Å². The standard InChI is InChI=1S/C34H32N4O4S/c39-20-23-12-14-25(15-13-23)31-18-30(21-43-34-36-22-37-38-34)41-33(42-31)29-11-5-10-28(17-29)27-9-4-6-24(16-27)19-35-32(40)26-7-2-1-3-8-26/h1-17,22,30-31,33,39H,18-21H2,(H,35,40)(H,36,37,38)/t30-,31+,33+/m1/s1. The lowest BCUT2D eigenvalue weighted by molar-refractivity contribution is -0.245. The number of carbonyl (C=O) groups is 1. The highest BCUT2D eigenvalue weighted by atomic mass is 32.2. The van der Waals surface area contributed by atoms with Gasteiger partial charge in [-0.05, 0) is 52.1 Å². The highest BCUT2D eigenvalue weighted by Gasteiger charge is 2.32. The Morgan fingerprint density at radius 1 is 0.884 bits per heavy atom. The first-order valence-corrected chi connectivity index (χ1v) is 15.1. The Hall–Kier alpha value is -4.28. The van der Waals surface area contributed by atoms with Gasteiger partial charge in [0.25, 0.3) is 5.91 Å². The predicted octanol–water partition coefficient (Wildman–Crippen LogP) is 6.23. The summed E-state index contributed by atoms with van der Waals surface area (Å²) < 4.78 is 13.0. The number of aromatic nitrogens is 3. The molecule has 0 unspecified atom stereocenters. The highest BCUT2D eigenvalue weighted by molar-refractivity contribution is 7.99. The number of nitrogens with one attached hydrogen (secondary N) is 2. The van der Waals surface area contributed by atoms with E-state index in [0.717, 1.165) is 38.5 Å². The van der Waals surface area contributed by atoms with Crippen LogP contribution in [0.1, 0.15) is 51.4 Å². The number of rotatable bonds is 10. The van der Waals surface area contributed by atoms with Crippen molar-refractivity contribution in [3.8, 4) is 11.1 Å². The second kappa shape index (κ2) is 13.8. The molecule has 8 nitrogen and oxygen atoms in total. The number of hydrogen-bond donors (Lipinski definition) is 3. The van der Waals surface area contributed by atoms with Gasteiger partial charge < -0.3 is 19.9 Å². The molecule has 1 aliphatic rings. The van der Waals surface area contributed by atoms with Crippen molar-refractivity contribution < 1.29 is 19.4 Å². The molecular weight excluding hydrogens is 560 g/mol. The monoisotopic (exact) mass is 592 g/mol. The van der Waals surface area contributed by atoms with Gasteiger partial charge in [-0.25, -0.2) is 4.98 Å². The first-order valence-electron chi connectivity index (χ1n) is 14.2. The molecule has 9 heteroatoms. The van der Waals surface area contributed by atoms with E-state index in [4.69, 9.17) is 9.47 Å². The van der Waals surface area contributed by atoms with Crippen LogP contribution in [0.3, 0.4) is 0 Å². The Labute approximate surface area is 254 Å². The fourth-order valence-corrected chi connectivity index (χ4v) is 5.86. The summed E-state index contributed by atoms with van der Waals surface area (Å²) in [6, 6.07) is 33.5. The minimum atomic E-state index is -0.565. The van der Waals surface area contributed by atoms with Gasteiger partial charge >= 0.3 is 0 Å². The number of benzene rings is 4. The van der Waals surface area contributed by atoms with Gasteiger partial charge in [0.15, 0.2) is 11.4 Å². The Balaban J connectivity index is 1.19. The second-order valence-corrected chi connectivity index (χ2v) is 11.3. The van der Waals surface area contributed by atoms with Crippen molar-refractivity contribution in [1.82, 2.24) is 20.5 Å². The van der Waals surface area contributed by atoms with Gasteiger partial charge in [0.05, 0.1) is 18.8 Å². The molecule has 2 heterocycles. The number of nitrogens with zero attached hydrogens (tertiary/aromatic N) is 2. The normalized spacial score (nSPS) is 18.3. The Morgan fingerprint density at radius 2 is 1.67 bits per heavy atom. The molecule has 0 saturated carbocycles. The van der Waals surface area contributed by atoms with E-state index in [1.807, 2.05) is 66.7 Å². The molecule has 0 radical (unpaired) electrons. The summed E-state index contributed by atoms with van der Waals surface area (Å²) >= 11 is 1.57. The Kier molecular flexibility index (Phi) is 9.25. The molecule has 218 valence electrons. The van der Waals surface area contributed by atoms with E-state index in [0.29, 0.717) is 24.3 Å². The number of ether oxygens (including phenoxy) is 2. The molecule has 1 aromatic heterocycles. The van der Waals surface area contributed by atoms with E-state index in [9.17, 15) is 9.90 Å². The van der Waals surface area contributed by atoms with Gasteiger partial charge in [0.1, 0.15) is 6.33 Å². The van der Waals surface area contributed by atoms with Gasteiger partial charge in [-0.2, -0.15) is 5.10 Å². The molecule has 0 aliphatic carbocycles. The quantitative estimate of drug-likeness (QED) is 0.165. The van der Waals surface area contributed by atoms with Crippen molar-refractivity contribution in [3.63, 3.8) is 0 Å². The molecule has 43 heavy (non-hydrogen) atoms. The van der Waals surface area contributed by atoms with Crippen molar-refractivity contribution in [3.05, 3.63) is 137 Å². The molecule has 4 aromatic carbocycles. The molecule has 1 amide bonds. The third-order valence-electron chi connectivity index (χ3n) is 7.32. The number of H-pyrrole nitrogens is 1. The molecular formula is C34H32N4O4S. The van der Waals surface area contributed by atoms with Gasteiger partial charge in [-0.1, -0.05) is 90.6 Å². The molecule has 0 bridgehead atoms. The lowest BCUT2D eigenvalue weighted by Gasteiger charge is -2.36. The van der Waals surface area contributed by atoms with Crippen LogP contribution in [0.5, 0.6) is 0 Å². The zero-order valence-electron chi connectivity index (χ0n) is 23.4. The number of carbonyl (C=O) groups excluding carboxylic acids is 1. The Bertz CT molecular complexity index is 1630. The molecule has 1 saturated heterocycles. The summed E-state index contributed by atoms with van der Waals surface area (Å²) in [5.41, 5.74) is 6.54. The van der Waals surface area contributed by atoms with Gasteiger partial charge in [0.2, 0.25) is 0 Å². The first-order chi connectivity index (χ1) is 21.1. The van der Waals surface area contributed by atoms with Crippen molar-refractivity contribution >= 4 is 17.7 Å². The van der Waals surface area contributed by atoms with Crippen LogP contribution in [-0.2, 0) is 22.6 Å². The summed E-state index contributed by atoms with van der Waals surface area (Å²) in [4.78, 5) is 16.8. The summed E-state index contributed by atoms with van der Waals surface area (Å²) in [7, 11) is 0. The summed E-state index contributed by atoms with van der Waals surface area (Å²) in [5, 5.41) is 20.1. The van der Waals surface area contributed by atoms with Crippen LogP contribution in [0.25, 0.3) is 11.1 Å². The van der Waals surface area contributed by atoms with Gasteiger partial charge in [-0.3, -0.25) is 9.89 Å². The van der Waals surface area contributed by atoms with Crippen LogP contribution in [0.15, 0.2) is 115 Å². The van der Waals surface area contributed by atoms with E-state index in [1.54, 1.807) is 23.9 Å². The van der Waals surface area contributed by atoms with E-state index in [2.05, 4.69) is 44.8 Å². The van der Waals surface area contributed by atoms with Crippen LogP contribution in [0.4, 0.5) is 0 Å². The fraction of sp³-hybridized carbons (Fsp3) is 0.206. The first kappa shape index (κ1) is 28.8. The maximum atomic E-state index is 12.5. The number of aliphatic hydroxyl groups excluding tert-OH is 1. The lowest BCUT2D eigenvalue weighted by atomic mass is 9.99. The highest BCUT2D eigenvalue weighted by Crippen LogP contribution is 2.40.